The molecule has 98 valence electrons. The molecule has 0 aliphatic heterocycles. The van der Waals surface area contributed by atoms with Gasteiger partial charge in [0.2, 0.25) is 0 Å². The predicted molar refractivity (Wildman–Crippen MR) is 72.3 cm³/mol. The fraction of sp³-hybridized carbons (Fsp3) is 0.462. The third-order valence-corrected chi connectivity index (χ3v) is 3.52. The Kier molecular flexibility index (Phi) is 4.36. The SMILES string of the molecule is C[C@@H](NC(=O)COc1cc(Cl)ccc1Cl)C1CC1. The van der Waals surface area contributed by atoms with Gasteiger partial charge in [0.05, 0.1) is 5.02 Å². The number of amides is 1. The van der Waals surface area contributed by atoms with E-state index < -0.39 is 0 Å². The number of hydrogen-bond donors (Lipinski definition) is 1. The fourth-order valence-corrected chi connectivity index (χ4v) is 2.07. The zero-order chi connectivity index (χ0) is 13.1. The van der Waals surface area contributed by atoms with Crippen molar-refractivity contribution in [1.29, 1.82) is 0 Å². The Bertz CT molecular complexity index is 447. The van der Waals surface area contributed by atoms with Gasteiger partial charge in [-0.15, -0.1) is 0 Å². The molecule has 3 nitrogen and oxygen atoms in total. The van der Waals surface area contributed by atoms with Crippen LogP contribution in [0.2, 0.25) is 10.0 Å². The van der Waals surface area contributed by atoms with Crippen LogP contribution in [0.15, 0.2) is 18.2 Å². The lowest BCUT2D eigenvalue weighted by molar-refractivity contribution is -0.123. The molecule has 1 saturated carbocycles. The molecule has 1 atom stereocenters. The summed E-state index contributed by atoms with van der Waals surface area (Å²) in [5, 5.41) is 3.88. The number of carbonyl (C=O) groups is 1. The summed E-state index contributed by atoms with van der Waals surface area (Å²) in [6.07, 6.45) is 2.39. The lowest BCUT2D eigenvalue weighted by Crippen LogP contribution is -2.37. The van der Waals surface area contributed by atoms with Gasteiger partial charge in [0, 0.05) is 17.1 Å². The molecule has 1 aromatic carbocycles. The Balaban J connectivity index is 1.82. The molecule has 0 radical (unpaired) electrons. The first-order chi connectivity index (χ1) is 8.56. The summed E-state index contributed by atoms with van der Waals surface area (Å²) in [6.45, 7) is 1.97. The van der Waals surface area contributed by atoms with Gasteiger partial charge in [-0.25, -0.2) is 0 Å². The minimum atomic E-state index is -0.134. The van der Waals surface area contributed by atoms with Crippen molar-refractivity contribution in [2.45, 2.75) is 25.8 Å². The summed E-state index contributed by atoms with van der Waals surface area (Å²) in [5.74, 6) is 0.924. The molecule has 0 aromatic heterocycles. The van der Waals surface area contributed by atoms with Gasteiger partial charge in [0.15, 0.2) is 6.61 Å². The first-order valence-corrected chi connectivity index (χ1v) is 6.69. The van der Waals surface area contributed by atoms with E-state index in [0.717, 1.165) is 0 Å². The summed E-state index contributed by atoms with van der Waals surface area (Å²) in [4.78, 5) is 11.6. The van der Waals surface area contributed by atoms with Crippen molar-refractivity contribution in [3.8, 4) is 5.75 Å². The number of hydrogen-bond acceptors (Lipinski definition) is 2. The Morgan fingerprint density at radius 3 is 2.89 bits per heavy atom. The Morgan fingerprint density at radius 1 is 1.50 bits per heavy atom. The number of ether oxygens (including phenoxy) is 1. The maximum Gasteiger partial charge on any atom is 0.258 e. The highest BCUT2D eigenvalue weighted by Gasteiger charge is 2.28. The van der Waals surface area contributed by atoms with E-state index in [0.29, 0.717) is 21.7 Å². The summed E-state index contributed by atoms with van der Waals surface area (Å²) in [6, 6.07) is 5.13. The van der Waals surface area contributed by atoms with E-state index in [-0.39, 0.29) is 18.6 Å². The minimum absolute atomic E-state index is 0.0445. The second kappa shape index (κ2) is 5.81. The smallest absolute Gasteiger partial charge is 0.258 e. The zero-order valence-corrected chi connectivity index (χ0v) is 11.6. The molecule has 0 bridgehead atoms. The van der Waals surface area contributed by atoms with Crippen molar-refractivity contribution < 1.29 is 9.53 Å². The van der Waals surface area contributed by atoms with Crippen LogP contribution < -0.4 is 10.1 Å². The fourth-order valence-electron chi connectivity index (χ4n) is 1.74. The minimum Gasteiger partial charge on any atom is -0.482 e. The molecule has 1 aliphatic carbocycles. The summed E-state index contributed by atoms with van der Waals surface area (Å²) >= 11 is 11.8. The third kappa shape index (κ3) is 3.79. The lowest BCUT2D eigenvalue weighted by atomic mass is 10.2. The molecular formula is C13H15Cl2NO2. The number of rotatable bonds is 5. The highest BCUT2D eigenvalue weighted by atomic mass is 35.5. The third-order valence-electron chi connectivity index (χ3n) is 2.97. The molecule has 2 rings (SSSR count). The molecule has 1 fully saturated rings. The van der Waals surface area contributed by atoms with Crippen LogP contribution in [0, 0.1) is 5.92 Å². The second-order valence-electron chi connectivity index (χ2n) is 4.56. The van der Waals surface area contributed by atoms with E-state index >= 15 is 0 Å². The van der Waals surface area contributed by atoms with Gasteiger partial charge in [-0.1, -0.05) is 23.2 Å². The average Bonchev–Trinajstić information content (AvgIpc) is 3.14. The van der Waals surface area contributed by atoms with Crippen LogP contribution in [0.1, 0.15) is 19.8 Å². The van der Waals surface area contributed by atoms with Crippen LogP contribution in [-0.4, -0.2) is 18.6 Å². The Labute approximate surface area is 116 Å². The van der Waals surface area contributed by atoms with Crippen molar-refractivity contribution in [2.24, 2.45) is 5.92 Å². The van der Waals surface area contributed by atoms with Gasteiger partial charge in [0.25, 0.3) is 5.91 Å². The average molecular weight is 288 g/mol. The van der Waals surface area contributed by atoms with Crippen molar-refractivity contribution in [3.05, 3.63) is 28.2 Å². The van der Waals surface area contributed by atoms with Crippen molar-refractivity contribution in [1.82, 2.24) is 5.32 Å². The maximum atomic E-state index is 11.6. The summed E-state index contributed by atoms with van der Waals surface area (Å²) < 4.78 is 5.35. The molecule has 0 heterocycles. The number of carbonyl (C=O) groups excluding carboxylic acids is 1. The van der Waals surface area contributed by atoms with E-state index in [2.05, 4.69) is 5.32 Å². The number of halogens is 2. The first-order valence-electron chi connectivity index (χ1n) is 5.93. The van der Waals surface area contributed by atoms with Crippen molar-refractivity contribution >= 4 is 29.1 Å². The zero-order valence-electron chi connectivity index (χ0n) is 10.1. The molecule has 0 unspecified atom stereocenters. The predicted octanol–water partition coefficient (Wildman–Crippen LogP) is 3.29. The molecule has 1 aliphatic rings. The van der Waals surface area contributed by atoms with Crippen LogP contribution >= 0.6 is 23.2 Å². The van der Waals surface area contributed by atoms with Gasteiger partial charge in [0.1, 0.15) is 5.75 Å². The van der Waals surface area contributed by atoms with Gasteiger partial charge in [-0.05, 0) is 37.8 Å². The Hall–Kier alpha value is -0.930. The van der Waals surface area contributed by atoms with Crippen molar-refractivity contribution in [3.63, 3.8) is 0 Å². The van der Waals surface area contributed by atoms with Gasteiger partial charge in [-0.3, -0.25) is 4.79 Å². The normalized spacial score (nSPS) is 16.2. The number of benzene rings is 1. The highest BCUT2D eigenvalue weighted by Crippen LogP contribution is 2.32. The largest absolute Gasteiger partial charge is 0.482 e. The molecular weight excluding hydrogens is 273 g/mol. The number of nitrogens with one attached hydrogen (secondary N) is 1. The standard InChI is InChI=1S/C13H15Cl2NO2/c1-8(9-2-3-9)16-13(17)7-18-12-6-10(14)4-5-11(12)15/h4-6,8-9H,2-3,7H2,1H3,(H,16,17)/t8-/m1/s1. The first kappa shape index (κ1) is 13.5. The van der Waals surface area contributed by atoms with E-state index in [1.165, 1.54) is 12.8 Å². The van der Waals surface area contributed by atoms with Crippen LogP contribution in [0.4, 0.5) is 0 Å². The van der Waals surface area contributed by atoms with Crippen molar-refractivity contribution in [2.75, 3.05) is 6.61 Å². The molecule has 0 saturated heterocycles. The van der Waals surface area contributed by atoms with Crippen LogP contribution in [0.3, 0.4) is 0 Å². The molecule has 18 heavy (non-hydrogen) atoms. The van der Waals surface area contributed by atoms with Gasteiger partial charge in [-0.2, -0.15) is 0 Å². The monoisotopic (exact) mass is 287 g/mol. The second-order valence-corrected chi connectivity index (χ2v) is 5.40. The maximum absolute atomic E-state index is 11.6. The highest BCUT2D eigenvalue weighted by molar-refractivity contribution is 6.34. The summed E-state index contributed by atoms with van der Waals surface area (Å²) in [7, 11) is 0. The molecule has 1 N–H and O–H groups in total. The van der Waals surface area contributed by atoms with E-state index in [4.69, 9.17) is 27.9 Å². The quantitative estimate of drug-likeness (QED) is 0.903. The molecule has 1 amide bonds. The molecule has 1 aromatic rings. The van der Waals surface area contributed by atoms with E-state index in [1.54, 1.807) is 18.2 Å². The Morgan fingerprint density at radius 2 is 2.22 bits per heavy atom. The van der Waals surface area contributed by atoms with Gasteiger partial charge >= 0.3 is 0 Å². The summed E-state index contributed by atoms with van der Waals surface area (Å²) in [5.41, 5.74) is 0. The van der Waals surface area contributed by atoms with E-state index in [9.17, 15) is 4.79 Å². The van der Waals surface area contributed by atoms with Crippen LogP contribution in [0.5, 0.6) is 5.75 Å². The topological polar surface area (TPSA) is 38.3 Å². The van der Waals surface area contributed by atoms with Gasteiger partial charge < -0.3 is 10.1 Å². The molecule has 0 spiro atoms. The molecule has 5 heteroatoms. The lowest BCUT2D eigenvalue weighted by Gasteiger charge is -2.13. The van der Waals surface area contributed by atoms with E-state index in [1.807, 2.05) is 6.92 Å². The van der Waals surface area contributed by atoms with Crippen LogP contribution in [-0.2, 0) is 4.79 Å². The van der Waals surface area contributed by atoms with Crippen LogP contribution in [0.25, 0.3) is 0 Å².